The number of carbonyl (C=O) groups is 2. The molecule has 0 radical (unpaired) electrons. The molecular formula is C11H8N2O3. The number of rotatable bonds is 3. The van der Waals surface area contributed by atoms with E-state index in [0.717, 1.165) is 0 Å². The summed E-state index contributed by atoms with van der Waals surface area (Å²) in [5.41, 5.74) is 0.616. The van der Waals surface area contributed by atoms with Gasteiger partial charge in [-0.05, 0) is 0 Å². The van der Waals surface area contributed by atoms with Crippen LogP contribution in [0.1, 0.15) is 10.4 Å². The molecule has 0 unspecified atom stereocenters. The number of nitrogens with zero attached hydrogens (tertiary/aromatic N) is 1. The Kier molecular flexibility index (Phi) is 2.51. The van der Waals surface area contributed by atoms with E-state index in [4.69, 9.17) is 5.11 Å². The van der Waals surface area contributed by atoms with Crippen LogP contribution in [-0.2, 0) is 4.79 Å². The predicted molar refractivity (Wildman–Crippen MR) is 56.0 cm³/mol. The van der Waals surface area contributed by atoms with Crippen LogP contribution < -0.4 is 0 Å². The minimum absolute atomic E-state index is 0.130. The largest absolute Gasteiger partial charge is 0.475 e. The first kappa shape index (κ1) is 10.1. The second-order valence-electron chi connectivity index (χ2n) is 3.12. The van der Waals surface area contributed by atoms with Crippen molar-refractivity contribution in [1.29, 1.82) is 0 Å². The fourth-order valence-electron chi connectivity index (χ4n) is 1.42. The minimum atomic E-state index is -1.47. The summed E-state index contributed by atoms with van der Waals surface area (Å²) in [6, 6.07) is 6.45. The average Bonchev–Trinajstić information content (AvgIpc) is 2.81. The molecule has 1 heterocycles. The number of aromatic amines is 1. The Balaban J connectivity index is 2.55. The van der Waals surface area contributed by atoms with Gasteiger partial charge >= 0.3 is 5.97 Å². The highest BCUT2D eigenvalue weighted by molar-refractivity contribution is 6.41. The van der Waals surface area contributed by atoms with Crippen molar-refractivity contribution in [2.45, 2.75) is 0 Å². The maximum absolute atomic E-state index is 11.4. The Morgan fingerprint density at radius 1 is 1.25 bits per heavy atom. The highest BCUT2D eigenvalue weighted by atomic mass is 16.4. The molecule has 0 aliphatic heterocycles. The number of ketones is 1. The van der Waals surface area contributed by atoms with Crippen LogP contribution in [0.3, 0.4) is 0 Å². The number of hydrogen-bond donors (Lipinski definition) is 2. The zero-order chi connectivity index (χ0) is 11.5. The Labute approximate surface area is 90.8 Å². The van der Waals surface area contributed by atoms with Crippen LogP contribution in [0.2, 0.25) is 0 Å². The number of carbonyl (C=O) groups excluding carboxylic acids is 1. The van der Waals surface area contributed by atoms with Crippen molar-refractivity contribution in [3.63, 3.8) is 0 Å². The summed E-state index contributed by atoms with van der Waals surface area (Å²) in [5.74, 6) is -1.93. The van der Waals surface area contributed by atoms with Gasteiger partial charge in [0.2, 0.25) is 0 Å². The number of aliphatic carboxylic acids is 1. The third kappa shape index (κ3) is 1.70. The maximum Gasteiger partial charge on any atom is 0.377 e. The highest BCUT2D eigenvalue weighted by Crippen LogP contribution is 2.20. The summed E-state index contributed by atoms with van der Waals surface area (Å²) in [4.78, 5) is 28.9. The summed E-state index contributed by atoms with van der Waals surface area (Å²) in [7, 11) is 0. The molecule has 5 heteroatoms. The second kappa shape index (κ2) is 3.98. The van der Waals surface area contributed by atoms with Crippen molar-refractivity contribution in [1.82, 2.24) is 9.97 Å². The maximum atomic E-state index is 11.4. The SMILES string of the molecule is O=C(O)C(=O)c1ccccc1-c1ncc[nH]1. The summed E-state index contributed by atoms with van der Waals surface area (Å²) in [6.45, 7) is 0. The fourth-order valence-corrected chi connectivity index (χ4v) is 1.42. The lowest BCUT2D eigenvalue weighted by Gasteiger charge is -2.03. The van der Waals surface area contributed by atoms with E-state index in [9.17, 15) is 9.59 Å². The van der Waals surface area contributed by atoms with E-state index in [1.165, 1.54) is 12.3 Å². The van der Waals surface area contributed by atoms with Gasteiger partial charge in [0.15, 0.2) is 0 Å². The van der Waals surface area contributed by atoms with Gasteiger partial charge in [0, 0.05) is 23.5 Å². The van der Waals surface area contributed by atoms with Gasteiger partial charge in [0.25, 0.3) is 5.78 Å². The number of carboxylic acid groups (broad SMARTS) is 1. The molecule has 80 valence electrons. The van der Waals surface area contributed by atoms with Crippen LogP contribution in [0.25, 0.3) is 11.4 Å². The number of benzene rings is 1. The molecule has 2 N–H and O–H groups in total. The molecule has 0 saturated carbocycles. The number of H-pyrrole nitrogens is 1. The third-order valence-electron chi connectivity index (χ3n) is 2.12. The predicted octanol–water partition coefficient (Wildman–Crippen LogP) is 1.34. The van der Waals surface area contributed by atoms with E-state index in [0.29, 0.717) is 11.4 Å². The minimum Gasteiger partial charge on any atom is -0.475 e. The van der Waals surface area contributed by atoms with Gasteiger partial charge in [-0.3, -0.25) is 4.79 Å². The Bertz CT molecular complexity index is 532. The molecule has 0 amide bonds. The number of nitrogens with one attached hydrogen (secondary N) is 1. The van der Waals surface area contributed by atoms with Crippen molar-refractivity contribution >= 4 is 11.8 Å². The zero-order valence-corrected chi connectivity index (χ0v) is 8.18. The van der Waals surface area contributed by atoms with E-state index in [2.05, 4.69) is 9.97 Å². The number of carboxylic acids is 1. The smallest absolute Gasteiger partial charge is 0.377 e. The molecular weight excluding hydrogens is 208 g/mol. The van der Waals surface area contributed by atoms with Crippen LogP contribution in [0.4, 0.5) is 0 Å². The molecule has 0 fully saturated rings. The Morgan fingerprint density at radius 2 is 2.00 bits per heavy atom. The average molecular weight is 216 g/mol. The van der Waals surface area contributed by atoms with Crippen molar-refractivity contribution in [3.8, 4) is 11.4 Å². The molecule has 0 aliphatic carbocycles. The first-order chi connectivity index (χ1) is 7.70. The highest BCUT2D eigenvalue weighted by Gasteiger charge is 2.19. The van der Waals surface area contributed by atoms with Gasteiger partial charge in [-0.15, -0.1) is 0 Å². The van der Waals surface area contributed by atoms with E-state index >= 15 is 0 Å². The fraction of sp³-hybridized carbons (Fsp3) is 0. The number of aromatic nitrogens is 2. The molecule has 0 bridgehead atoms. The summed E-state index contributed by atoms with van der Waals surface area (Å²) in [5, 5.41) is 8.68. The van der Waals surface area contributed by atoms with E-state index in [1.54, 1.807) is 24.4 Å². The van der Waals surface area contributed by atoms with Crippen LogP contribution >= 0.6 is 0 Å². The molecule has 5 nitrogen and oxygen atoms in total. The van der Waals surface area contributed by atoms with Crippen LogP contribution in [0.15, 0.2) is 36.7 Å². The molecule has 2 rings (SSSR count). The lowest BCUT2D eigenvalue weighted by Crippen LogP contribution is -2.13. The lowest BCUT2D eigenvalue weighted by atomic mass is 10.0. The molecule has 0 aliphatic rings. The summed E-state index contributed by atoms with van der Waals surface area (Å²) < 4.78 is 0. The molecule has 1 aromatic heterocycles. The monoisotopic (exact) mass is 216 g/mol. The van der Waals surface area contributed by atoms with Crippen LogP contribution in [0.5, 0.6) is 0 Å². The summed E-state index contributed by atoms with van der Waals surface area (Å²) in [6.07, 6.45) is 3.15. The molecule has 0 spiro atoms. The Morgan fingerprint density at radius 3 is 2.62 bits per heavy atom. The summed E-state index contributed by atoms with van der Waals surface area (Å²) >= 11 is 0. The van der Waals surface area contributed by atoms with Crippen LogP contribution in [-0.4, -0.2) is 26.8 Å². The molecule has 0 saturated heterocycles. The van der Waals surface area contributed by atoms with Crippen molar-refractivity contribution in [2.75, 3.05) is 0 Å². The first-order valence-corrected chi connectivity index (χ1v) is 4.56. The van der Waals surface area contributed by atoms with E-state index in [1.807, 2.05) is 0 Å². The topological polar surface area (TPSA) is 83.0 Å². The van der Waals surface area contributed by atoms with Crippen molar-refractivity contribution < 1.29 is 14.7 Å². The van der Waals surface area contributed by atoms with Gasteiger partial charge in [-0.25, -0.2) is 9.78 Å². The zero-order valence-electron chi connectivity index (χ0n) is 8.18. The standard InChI is InChI=1S/C11H8N2O3/c14-9(11(15)16)7-3-1-2-4-8(7)10-12-5-6-13-10/h1-6H,(H,12,13)(H,15,16). The number of hydrogen-bond acceptors (Lipinski definition) is 3. The second-order valence-corrected chi connectivity index (χ2v) is 3.12. The number of imidazole rings is 1. The van der Waals surface area contributed by atoms with Crippen molar-refractivity contribution in [2.24, 2.45) is 0 Å². The third-order valence-corrected chi connectivity index (χ3v) is 2.12. The van der Waals surface area contributed by atoms with Gasteiger partial charge in [-0.2, -0.15) is 0 Å². The Hall–Kier alpha value is -2.43. The van der Waals surface area contributed by atoms with Gasteiger partial charge in [0.05, 0.1) is 0 Å². The quantitative estimate of drug-likeness (QED) is 0.599. The molecule has 2 aromatic rings. The first-order valence-electron chi connectivity index (χ1n) is 4.56. The normalized spacial score (nSPS) is 10.0. The lowest BCUT2D eigenvalue weighted by molar-refractivity contribution is -0.131. The van der Waals surface area contributed by atoms with Crippen LogP contribution in [0, 0.1) is 0 Å². The molecule has 16 heavy (non-hydrogen) atoms. The van der Waals surface area contributed by atoms with E-state index in [-0.39, 0.29) is 5.56 Å². The molecule has 1 aromatic carbocycles. The molecule has 0 atom stereocenters. The van der Waals surface area contributed by atoms with Gasteiger partial charge in [-0.1, -0.05) is 24.3 Å². The van der Waals surface area contributed by atoms with Gasteiger partial charge in [0.1, 0.15) is 5.82 Å². The van der Waals surface area contributed by atoms with E-state index < -0.39 is 11.8 Å². The van der Waals surface area contributed by atoms with Crippen molar-refractivity contribution in [3.05, 3.63) is 42.2 Å². The number of Topliss-reactive ketones (excluding diaryl/α,β-unsaturated/α-hetero) is 1. The van der Waals surface area contributed by atoms with Gasteiger partial charge < -0.3 is 10.1 Å².